The van der Waals surface area contributed by atoms with Gasteiger partial charge in [-0.05, 0) is 53.3 Å². The fourth-order valence-electron chi connectivity index (χ4n) is 2.44. The van der Waals surface area contributed by atoms with Crippen LogP contribution in [0.4, 0.5) is 5.69 Å². The summed E-state index contributed by atoms with van der Waals surface area (Å²) in [7, 11) is 0. The fourth-order valence-corrected chi connectivity index (χ4v) is 3.30. The molecule has 0 aliphatic carbocycles. The highest BCUT2D eigenvalue weighted by Crippen LogP contribution is 2.28. The Morgan fingerprint density at radius 2 is 1.71 bits per heavy atom. The SMILES string of the molecule is CC(=O)C(=O)Oc1ccccc1[N+](=O)OC(=O)C(I)OC(=O)COC(=O)CCCOc1ccc(Cl)cc1Cl. The summed E-state index contributed by atoms with van der Waals surface area (Å²) >= 11 is 13.2. The van der Waals surface area contributed by atoms with Crippen LogP contribution in [0.3, 0.4) is 0 Å². The number of ether oxygens (including phenoxy) is 4. The lowest BCUT2D eigenvalue weighted by atomic mass is 10.3. The topological polar surface area (TPSA) is 152 Å². The Labute approximate surface area is 239 Å². The third-order valence-corrected chi connectivity index (χ3v) is 5.47. The second-order valence-corrected chi connectivity index (χ2v) is 9.05. The lowest BCUT2D eigenvalue weighted by molar-refractivity contribution is -0.717. The molecule has 0 amide bonds. The van der Waals surface area contributed by atoms with E-state index < -0.39 is 46.1 Å². The maximum Gasteiger partial charge on any atom is 0.436 e. The molecule has 38 heavy (non-hydrogen) atoms. The van der Waals surface area contributed by atoms with Crippen molar-refractivity contribution in [1.29, 1.82) is 0 Å². The molecule has 0 spiro atoms. The Morgan fingerprint density at radius 1 is 1.00 bits per heavy atom. The predicted molar refractivity (Wildman–Crippen MR) is 138 cm³/mol. The number of alkyl halides is 1. The van der Waals surface area contributed by atoms with Gasteiger partial charge in [0.15, 0.2) is 6.61 Å². The first-order valence-electron chi connectivity index (χ1n) is 10.6. The number of rotatable bonds is 13. The van der Waals surface area contributed by atoms with Crippen LogP contribution >= 0.6 is 45.8 Å². The Hall–Kier alpha value is -3.30. The van der Waals surface area contributed by atoms with E-state index in [0.717, 1.165) is 13.0 Å². The Bertz CT molecular complexity index is 1240. The number of halogens is 3. The molecule has 0 aromatic heterocycles. The van der Waals surface area contributed by atoms with Gasteiger partial charge in [-0.1, -0.05) is 35.3 Å². The third kappa shape index (κ3) is 10.2. The van der Waals surface area contributed by atoms with Crippen molar-refractivity contribution in [3.8, 4) is 11.5 Å². The van der Waals surface area contributed by atoms with E-state index in [1.807, 2.05) is 0 Å². The van der Waals surface area contributed by atoms with Gasteiger partial charge in [0.25, 0.3) is 9.03 Å². The molecule has 12 nitrogen and oxygen atoms in total. The average Bonchev–Trinajstić information content (AvgIpc) is 2.86. The molecule has 202 valence electrons. The summed E-state index contributed by atoms with van der Waals surface area (Å²) in [5.41, 5.74) is -0.401. The van der Waals surface area contributed by atoms with Crippen molar-refractivity contribution in [1.82, 2.24) is 0 Å². The number of carbonyl (C=O) groups is 5. The smallest absolute Gasteiger partial charge is 0.436 e. The largest absolute Gasteiger partial charge is 0.492 e. The Morgan fingerprint density at radius 3 is 2.39 bits per heavy atom. The van der Waals surface area contributed by atoms with Crippen LogP contribution in [0.25, 0.3) is 0 Å². The molecule has 0 heterocycles. The molecular weight excluding hydrogens is 664 g/mol. The molecule has 0 aliphatic heterocycles. The monoisotopic (exact) mass is 682 g/mol. The van der Waals surface area contributed by atoms with Gasteiger partial charge in [-0.3, -0.25) is 9.59 Å². The number of para-hydroxylation sites is 2. The van der Waals surface area contributed by atoms with Gasteiger partial charge in [0.05, 0.1) is 16.5 Å². The lowest BCUT2D eigenvalue weighted by Crippen LogP contribution is -2.28. The van der Waals surface area contributed by atoms with E-state index in [1.165, 1.54) is 46.9 Å². The molecule has 1 unspecified atom stereocenters. The third-order valence-electron chi connectivity index (χ3n) is 4.17. The van der Waals surface area contributed by atoms with Crippen LogP contribution in [0.2, 0.25) is 10.0 Å². The van der Waals surface area contributed by atoms with Crippen LogP contribution in [0, 0.1) is 4.91 Å². The quantitative estimate of drug-likeness (QED) is 0.0572. The minimum absolute atomic E-state index is 0.0764. The Balaban J connectivity index is 1.74. The van der Waals surface area contributed by atoms with Gasteiger partial charge in [0.1, 0.15) is 5.75 Å². The first-order chi connectivity index (χ1) is 18.0. The van der Waals surface area contributed by atoms with Gasteiger partial charge >= 0.3 is 29.6 Å². The number of esters is 3. The molecule has 0 N–H and O–H groups in total. The maximum absolute atomic E-state index is 12.2. The summed E-state index contributed by atoms with van der Waals surface area (Å²) in [6, 6.07) is 9.84. The number of carbonyl (C=O) groups excluding carboxylic acids is 5. The Kier molecular flexibility index (Phi) is 12.4. The number of benzene rings is 2. The molecule has 15 heteroatoms. The highest BCUT2D eigenvalue weighted by molar-refractivity contribution is 14.1. The van der Waals surface area contributed by atoms with Crippen molar-refractivity contribution in [2.24, 2.45) is 0 Å². The minimum Gasteiger partial charge on any atom is -0.492 e. The van der Waals surface area contributed by atoms with Gasteiger partial charge in [-0.15, -0.1) is 4.84 Å². The van der Waals surface area contributed by atoms with Crippen LogP contribution in [0.5, 0.6) is 11.5 Å². The number of nitrogens with zero attached hydrogens (tertiary/aromatic N) is 1. The van der Waals surface area contributed by atoms with Crippen molar-refractivity contribution < 1.29 is 52.7 Å². The summed E-state index contributed by atoms with van der Waals surface area (Å²) < 4.78 is 18.2. The molecule has 0 fully saturated rings. The molecule has 0 saturated carbocycles. The van der Waals surface area contributed by atoms with Crippen LogP contribution < -0.4 is 9.47 Å². The highest BCUT2D eigenvalue weighted by atomic mass is 127. The second kappa shape index (κ2) is 15.2. The van der Waals surface area contributed by atoms with E-state index in [0.29, 0.717) is 15.8 Å². The van der Waals surface area contributed by atoms with E-state index in [1.54, 1.807) is 12.1 Å². The van der Waals surface area contributed by atoms with Gasteiger partial charge in [-0.25, -0.2) is 14.4 Å². The van der Waals surface area contributed by atoms with Gasteiger partial charge in [-0.2, -0.15) is 0 Å². The van der Waals surface area contributed by atoms with Gasteiger partial charge in [0.2, 0.25) is 11.5 Å². The van der Waals surface area contributed by atoms with E-state index in [2.05, 4.69) is 4.84 Å². The molecule has 0 bridgehead atoms. The molecule has 0 aliphatic rings. The normalized spacial score (nSPS) is 11.1. The standard InChI is InChI=1S/C23H19Cl2INO11/c1-13(28)22(31)36-18-6-3-2-5-16(18)27(33)38-23(32)21(26)37-20(30)12-35-19(29)7-4-10-34-17-9-8-14(24)11-15(17)25/h2-3,5-6,8-9,11,21H,4,7,10,12H2,1H3/q+1. The minimum atomic E-state index is -1.58. The van der Waals surface area contributed by atoms with Crippen molar-refractivity contribution in [3.63, 3.8) is 0 Å². The molecule has 0 radical (unpaired) electrons. The van der Waals surface area contributed by atoms with Crippen molar-refractivity contribution in [3.05, 3.63) is 57.4 Å². The zero-order valence-electron chi connectivity index (χ0n) is 19.5. The number of ketones is 1. The predicted octanol–water partition coefficient (Wildman–Crippen LogP) is 4.06. The average molecular weight is 683 g/mol. The molecule has 2 aromatic rings. The van der Waals surface area contributed by atoms with Crippen molar-refractivity contribution in [2.45, 2.75) is 23.9 Å². The van der Waals surface area contributed by atoms with E-state index >= 15 is 0 Å². The second-order valence-electron chi connectivity index (χ2n) is 7.07. The summed E-state index contributed by atoms with van der Waals surface area (Å²) in [6.07, 6.45) is 0.184. The first kappa shape index (κ1) is 30.9. The van der Waals surface area contributed by atoms with Crippen molar-refractivity contribution in [2.75, 3.05) is 13.2 Å². The van der Waals surface area contributed by atoms with Crippen LogP contribution in [0.15, 0.2) is 42.5 Å². The molecule has 2 aromatic carbocycles. The highest BCUT2D eigenvalue weighted by Gasteiger charge is 2.33. The van der Waals surface area contributed by atoms with E-state index in [-0.39, 0.29) is 30.1 Å². The summed E-state index contributed by atoms with van der Waals surface area (Å²) in [5, 5.41) is 0.763. The first-order valence-corrected chi connectivity index (χ1v) is 12.6. The maximum atomic E-state index is 12.2. The molecule has 0 saturated heterocycles. The van der Waals surface area contributed by atoms with Crippen LogP contribution in [-0.4, -0.2) is 51.9 Å². The summed E-state index contributed by atoms with van der Waals surface area (Å²) in [5.74, 6) is -5.17. The number of Topliss-reactive ketones (excluding diaryl/α,β-unsaturated/α-hetero) is 1. The van der Waals surface area contributed by atoms with Gasteiger partial charge < -0.3 is 18.9 Å². The zero-order valence-corrected chi connectivity index (χ0v) is 23.2. The molecule has 1 atom stereocenters. The number of hydrogen-bond acceptors (Lipinski definition) is 11. The zero-order chi connectivity index (χ0) is 28.2. The van der Waals surface area contributed by atoms with E-state index in [9.17, 15) is 28.9 Å². The summed E-state index contributed by atoms with van der Waals surface area (Å²) in [6.45, 7) is 0.325. The molecule has 2 rings (SSSR count). The van der Waals surface area contributed by atoms with Crippen LogP contribution in [0.1, 0.15) is 19.8 Å². The number of hydrogen-bond donors (Lipinski definition) is 0. The summed E-state index contributed by atoms with van der Waals surface area (Å²) in [4.78, 5) is 75.0. The lowest BCUT2D eigenvalue weighted by Gasteiger charge is -2.09. The van der Waals surface area contributed by atoms with Gasteiger partial charge in [0, 0.05) is 24.4 Å². The molecular formula is C23H19Cl2INO11+. The van der Waals surface area contributed by atoms with E-state index in [4.69, 9.17) is 42.1 Å². The van der Waals surface area contributed by atoms with Crippen molar-refractivity contribution >= 4 is 81.1 Å². The van der Waals surface area contributed by atoms with Crippen LogP contribution in [-0.2, 0) is 38.3 Å². The fraction of sp³-hybridized carbons (Fsp3) is 0.261.